The first kappa shape index (κ1) is 12.3. The van der Waals surface area contributed by atoms with Crippen LogP contribution in [0.1, 0.15) is 12.8 Å². The molecule has 0 saturated carbocycles. The molecule has 0 radical (unpaired) electrons. The Morgan fingerprint density at radius 1 is 1.39 bits per heavy atom. The van der Waals surface area contributed by atoms with Gasteiger partial charge in [0.05, 0.1) is 10.6 Å². The summed E-state index contributed by atoms with van der Waals surface area (Å²) in [6.45, 7) is 1.25. The SMILES string of the molecule is O=C(Nc1cc([N+](=O)[O-])ccc1F)N1CCCC1. The van der Waals surface area contributed by atoms with Crippen LogP contribution >= 0.6 is 0 Å². The highest BCUT2D eigenvalue weighted by atomic mass is 19.1. The number of nitrogens with zero attached hydrogens (tertiary/aromatic N) is 2. The molecule has 1 heterocycles. The largest absolute Gasteiger partial charge is 0.325 e. The van der Waals surface area contributed by atoms with E-state index in [4.69, 9.17) is 0 Å². The number of likely N-dealkylation sites (tertiary alicyclic amines) is 1. The summed E-state index contributed by atoms with van der Waals surface area (Å²) >= 11 is 0. The molecule has 0 atom stereocenters. The number of nitrogens with one attached hydrogen (secondary N) is 1. The molecule has 1 fully saturated rings. The van der Waals surface area contributed by atoms with Gasteiger partial charge in [-0.2, -0.15) is 0 Å². The third-order valence-electron chi connectivity index (χ3n) is 2.80. The van der Waals surface area contributed by atoms with Gasteiger partial charge < -0.3 is 10.2 Å². The Bertz CT molecular complexity index is 486. The zero-order valence-corrected chi connectivity index (χ0v) is 9.56. The standard InChI is InChI=1S/C11H12FN3O3/c12-9-4-3-8(15(17)18)7-10(9)13-11(16)14-5-1-2-6-14/h3-4,7H,1-2,5-6H2,(H,13,16). The fourth-order valence-corrected chi connectivity index (χ4v) is 1.84. The number of nitro groups is 1. The second-order valence-electron chi connectivity index (χ2n) is 4.05. The van der Waals surface area contributed by atoms with Crippen molar-refractivity contribution in [3.05, 3.63) is 34.1 Å². The summed E-state index contributed by atoms with van der Waals surface area (Å²) in [4.78, 5) is 23.2. The van der Waals surface area contributed by atoms with Crippen molar-refractivity contribution >= 4 is 17.4 Å². The van der Waals surface area contributed by atoms with Crippen LogP contribution in [0.25, 0.3) is 0 Å². The monoisotopic (exact) mass is 253 g/mol. The zero-order valence-electron chi connectivity index (χ0n) is 9.56. The van der Waals surface area contributed by atoms with E-state index < -0.39 is 16.8 Å². The second kappa shape index (κ2) is 4.99. The summed E-state index contributed by atoms with van der Waals surface area (Å²) in [5, 5.41) is 12.9. The van der Waals surface area contributed by atoms with E-state index in [9.17, 15) is 19.3 Å². The van der Waals surface area contributed by atoms with Crippen molar-refractivity contribution in [3.8, 4) is 0 Å². The average Bonchev–Trinajstić information content (AvgIpc) is 2.85. The van der Waals surface area contributed by atoms with Crippen molar-refractivity contribution in [2.45, 2.75) is 12.8 Å². The Morgan fingerprint density at radius 2 is 2.06 bits per heavy atom. The van der Waals surface area contributed by atoms with Gasteiger partial charge in [0.2, 0.25) is 0 Å². The lowest BCUT2D eigenvalue weighted by atomic mass is 10.2. The molecule has 1 aliphatic rings. The van der Waals surface area contributed by atoms with E-state index >= 15 is 0 Å². The van der Waals surface area contributed by atoms with Gasteiger partial charge in [-0.05, 0) is 18.9 Å². The maximum Gasteiger partial charge on any atom is 0.321 e. The van der Waals surface area contributed by atoms with E-state index in [0.717, 1.165) is 31.0 Å². The van der Waals surface area contributed by atoms with Crippen molar-refractivity contribution in [1.29, 1.82) is 0 Å². The number of hydrogen-bond donors (Lipinski definition) is 1. The lowest BCUT2D eigenvalue weighted by Gasteiger charge is -2.16. The van der Waals surface area contributed by atoms with E-state index in [2.05, 4.69) is 5.32 Å². The molecular formula is C11H12FN3O3. The van der Waals surface area contributed by atoms with Crippen molar-refractivity contribution < 1.29 is 14.1 Å². The molecule has 0 unspecified atom stereocenters. The maximum atomic E-state index is 13.4. The summed E-state index contributed by atoms with van der Waals surface area (Å²) in [6.07, 6.45) is 1.84. The molecule has 1 aromatic rings. The summed E-state index contributed by atoms with van der Waals surface area (Å²) in [5.74, 6) is -0.687. The number of carbonyl (C=O) groups is 1. The zero-order chi connectivity index (χ0) is 13.1. The van der Waals surface area contributed by atoms with Gasteiger partial charge in [0.1, 0.15) is 5.82 Å². The van der Waals surface area contributed by atoms with Gasteiger partial charge in [0.15, 0.2) is 0 Å². The Labute approximate surface area is 103 Å². The molecule has 0 aromatic heterocycles. The molecule has 1 N–H and O–H groups in total. The van der Waals surface area contributed by atoms with Crippen LogP contribution in [0.15, 0.2) is 18.2 Å². The summed E-state index contributed by atoms with van der Waals surface area (Å²) in [7, 11) is 0. The van der Waals surface area contributed by atoms with Gasteiger partial charge >= 0.3 is 6.03 Å². The normalized spacial score (nSPS) is 14.6. The van der Waals surface area contributed by atoms with E-state index in [1.54, 1.807) is 4.90 Å². The van der Waals surface area contributed by atoms with E-state index in [-0.39, 0.29) is 11.4 Å². The topological polar surface area (TPSA) is 75.5 Å². The Kier molecular flexibility index (Phi) is 3.40. The quantitative estimate of drug-likeness (QED) is 0.649. The molecule has 0 aliphatic carbocycles. The number of anilines is 1. The first-order chi connectivity index (χ1) is 8.58. The van der Waals surface area contributed by atoms with Crippen molar-refractivity contribution in [1.82, 2.24) is 4.90 Å². The molecule has 1 aromatic carbocycles. The third kappa shape index (κ3) is 2.55. The maximum absolute atomic E-state index is 13.4. The molecule has 96 valence electrons. The molecule has 0 spiro atoms. The van der Waals surface area contributed by atoms with Crippen molar-refractivity contribution in [3.63, 3.8) is 0 Å². The minimum Gasteiger partial charge on any atom is -0.325 e. The smallest absolute Gasteiger partial charge is 0.321 e. The number of non-ortho nitro benzene ring substituents is 1. The fraction of sp³-hybridized carbons (Fsp3) is 0.364. The Hall–Kier alpha value is -2.18. The number of rotatable bonds is 2. The highest BCUT2D eigenvalue weighted by molar-refractivity contribution is 5.90. The lowest BCUT2D eigenvalue weighted by Crippen LogP contribution is -2.32. The average molecular weight is 253 g/mol. The molecule has 2 rings (SSSR count). The van der Waals surface area contributed by atoms with Gasteiger partial charge in [0.25, 0.3) is 5.69 Å². The third-order valence-corrected chi connectivity index (χ3v) is 2.80. The van der Waals surface area contributed by atoms with Gasteiger partial charge in [-0.25, -0.2) is 9.18 Å². The molecule has 18 heavy (non-hydrogen) atoms. The molecular weight excluding hydrogens is 241 g/mol. The van der Waals surface area contributed by atoms with Crippen molar-refractivity contribution in [2.75, 3.05) is 18.4 Å². The highest BCUT2D eigenvalue weighted by Gasteiger charge is 2.20. The summed E-state index contributed by atoms with van der Waals surface area (Å²) in [6, 6.07) is 2.62. The number of hydrogen-bond acceptors (Lipinski definition) is 3. The number of nitro benzene ring substituents is 1. The van der Waals surface area contributed by atoms with Crippen LogP contribution in [0, 0.1) is 15.9 Å². The van der Waals surface area contributed by atoms with E-state index in [1.807, 2.05) is 0 Å². The number of halogens is 1. The molecule has 1 saturated heterocycles. The van der Waals surface area contributed by atoms with Crippen LogP contribution in [0.5, 0.6) is 0 Å². The van der Waals surface area contributed by atoms with E-state index in [0.29, 0.717) is 13.1 Å². The van der Waals surface area contributed by atoms with Crippen LogP contribution in [0.2, 0.25) is 0 Å². The van der Waals surface area contributed by atoms with Gasteiger partial charge in [0, 0.05) is 25.2 Å². The predicted molar refractivity (Wildman–Crippen MR) is 62.9 cm³/mol. The van der Waals surface area contributed by atoms with Gasteiger partial charge in [-0.1, -0.05) is 0 Å². The van der Waals surface area contributed by atoms with Crippen LogP contribution < -0.4 is 5.32 Å². The minimum absolute atomic E-state index is 0.166. The van der Waals surface area contributed by atoms with Gasteiger partial charge in [-0.15, -0.1) is 0 Å². The Balaban J connectivity index is 2.14. The second-order valence-corrected chi connectivity index (χ2v) is 4.05. The predicted octanol–water partition coefficient (Wildman–Crippen LogP) is 2.36. The van der Waals surface area contributed by atoms with Crippen LogP contribution in [-0.2, 0) is 0 Å². The number of carbonyl (C=O) groups excluding carboxylic acids is 1. The first-order valence-electron chi connectivity index (χ1n) is 5.58. The summed E-state index contributed by atoms with van der Waals surface area (Å²) in [5.41, 5.74) is -0.422. The molecule has 7 heteroatoms. The van der Waals surface area contributed by atoms with Crippen LogP contribution in [0.4, 0.5) is 20.6 Å². The number of benzene rings is 1. The van der Waals surface area contributed by atoms with Gasteiger partial charge in [-0.3, -0.25) is 10.1 Å². The fourth-order valence-electron chi connectivity index (χ4n) is 1.84. The number of amides is 2. The van der Waals surface area contributed by atoms with E-state index in [1.165, 1.54) is 0 Å². The Morgan fingerprint density at radius 3 is 2.67 bits per heavy atom. The molecule has 2 amide bonds. The highest BCUT2D eigenvalue weighted by Crippen LogP contribution is 2.22. The van der Waals surface area contributed by atoms with Crippen LogP contribution in [-0.4, -0.2) is 28.9 Å². The minimum atomic E-state index is -0.687. The first-order valence-corrected chi connectivity index (χ1v) is 5.58. The number of urea groups is 1. The molecule has 6 nitrogen and oxygen atoms in total. The molecule has 0 bridgehead atoms. The summed E-state index contributed by atoms with van der Waals surface area (Å²) < 4.78 is 13.4. The lowest BCUT2D eigenvalue weighted by molar-refractivity contribution is -0.384. The van der Waals surface area contributed by atoms with Crippen LogP contribution in [0.3, 0.4) is 0 Å². The van der Waals surface area contributed by atoms with Crippen molar-refractivity contribution in [2.24, 2.45) is 0 Å². The molecule has 1 aliphatic heterocycles.